The Kier molecular flexibility index (Phi) is 5.85. The van der Waals surface area contributed by atoms with Crippen LogP contribution in [0.4, 0.5) is 0 Å². The Morgan fingerprint density at radius 1 is 1.44 bits per heavy atom. The molecule has 0 heterocycles. The van der Waals surface area contributed by atoms with Crippen molar-refractivity contribution in [1.29, 1.82) is 0 Å². The summed E-state index contributed by atoms with van der Waals surface area (Å²) in [5.74, 6) is -0.0593. The SMILES string of the molecule is CCC(C)C(=O)NC(CC)(CC)/C(N)=N/O. The van der Waals surface area contributed by atoms with E-state index in [1.807, 2.05) is 27.7 Å². The van der Waals surface area contributed by atoms with E-state index in [4.69, 9.17) is 10.9 Å². The van der Waals surface area contributed by atoms with Crippen molar-refractivity contribution in [3.05, 3.63) is 0 Å². The molecule has 0 fully saturated rings. The molecule has 1 unspecified atom stereocenters. The molecular formula is C11H23N3O2. The number of hydrogen-bond donors (Lipinski definition) is 3. The van der Waals surface area contributed by atoms with Gasteiger partial charge in [0.25, 0.3) is 0 Å². The minimum atomic E-state index is -0.727. The minimum Gasteiger partial charge on any atom is -0.409 e. The van der Waals surface area contributed by atoms with Crippen LogP contribution in [0.2, 0.25) is 0 Å². The summed E-state index contributed by atoms with van der Waals surface area (Å²) in [6.07, 6.45) is 1.97. The predicted octanol–water partition coefficient (Wildman–Crippen LogP) is 1.45. The van der Waals surface area contributed by atoms with E-state index in [1.54, 1.807) is 0 Å². The molecule has 0 aliphatic heterocycles. The summed E-state index contributed by atoms with van der Waals surface area (Å²) in [6, 6.07) is 0. The van der Waals surface area contributed by atoms with Crippen LogP contribution in [-0.4, -0.2) is 22.5 Å². The standard InChI is InChI=1S/C11H23N3O2/c1-5-8(4)9(15)13-11(6-2,7-3)10(12)14-16/h8,16H,5-7H2,1-4H3,(H2,12,14)(H,13,15). The zero-order chi connectivity index (χ0) is 12.8. The maximum atomic E-state index is 11.8. The lowest BCUT2D eigenvalue weighted by Crippen LogP contribution is -2.57. The van der Waals surface area contributed by atoms with Crippen molar-refractivity contribution in [3.63, 3.8) is 0 Å². The molecule has 94 valence electrons. The van der Waals surface area contributed by atoms with Crippen molar-refractivity contribution in [2.24, 2.45) is 16.8 Å². The predicted molar refractivity (Wildman–Crippen MR) is 64.3 cm³/mol. The maximum absolute atomic E-state index is 11.8. The first-order valence-electron chi connectivity index (χ1n) is 5.77. The second-order valence-electron chi connectivity index (χ2n) is 4.07. The fourth-order valence-corrected chi connectivity index (χ4v) is 1.49. The first-order valence-corrected chi connectivity index (χ1v) is 5.77. The highest BCUT2D eigenvalue weighted by atomic mass is 16.4. The number of nitrogens with zero attached hydrogens (tertiary/aromatic N) is 1. The molecule has 0 saturated carbocycles. The van der Waals surface area contributed by atoms with Crippen LogP contribution in [0, 0.1) is 5.92 Å². The Labute approximate surface area is 97.1 Å². The number of nitrogens with one attached hydrogen (secondary N) is 1. The van der Waals surface area contributed by atoms with Gasteiger partial charge in [0.15, 0.2) is 5.84 Å². The highest BCUT2D eigenvalue weighted by Crippen LogP contribution is 2.17. The molecule has 0 spiro atoms. The Bertz CT molecular complexity index is 260. The molecule has 0 aromatic carbocycles. The van der Waals surface area contributed by atoms with Crippen LogP contribution in [-0.2, 0) is 4.79 Å². The molecular weight excluding hydrogens is 206 g/mol. The van der Waals surface area contributed by atoms with Gasteiger partial charge < -0.3 is 16.3 Å². The number of amides is 1. The van der Waals surface area contributed by atoms with Gasteiger partial charge in [-0.2, -0.15) is 0 Å². The number of nitrogens with two attached hydrogens (primary N) is 1. The highest BCUT2D eigenvalue weighted by molar-refractivity contribution is 5.94. The zero-order valence-corrected chi connectivity index (χ0v) is 10.6. The van der Waals surface area contributed by atoms with Crippen LogP contribution >= 0.6 is 0 Å². The smallest absolute Gasteiger partial charge is 0.223 e. The van der Waals surface area contributed by atoms with E-state index in [-0.39, 0.29) is 17.7 Å². The summed E-state index contributed by atoms with van der Waals surface area (Å²) in [5.41, 5.74) is 4.92. The zero-order valence-electron chi connectivity index (χ0n) is 10.6. The molecule has 0 saturated heterocycles. The normalized spacial score (nSPS) is 14.6. The van der Waals surface area contributed by atoms with Gasteiger partial charge in [-0.15, -0.1) is 0 Å². The van der Waals surface area contributed by atoms with Crippen LogP contribution in [0.1, 0.15) is 47.0 Å². The second kappa shape index (κ2) is 6.35. The van der Waals surface area contributed by atoms with E-state index in [1.165, 1.54) is 0 Å². The van der Waals surface area contributed by atoms with Crippen molar-refractivity contribution < 1.29 is 10.0 Å². The Balaban J connectivity index is 4.88. The molecule has 16 heavy (non-hydrogen) atoms. The maximum Gasteiger partial charge on any atom is 0.223 e. The first-order chi connectivity index (χ1) is 7.47. The molecule has 0 aliphatic rings. The molecule has 1 atom stereocenters. The average molecular weight is 229 g/mol. The number of oxime groups is 1. The third-order valence-electron chi connectivity index (χ3n) is 3.23. The number of hydrogen-bond acceptors (Lipinski definition) is 3. The summed E-state index contributed by atoms with van der Waals surface area (Å²) in [4.78, 5) is 11.8. The minimum absolute atomic E-state index is 0.0576. The van der Waals surface area contributed by atoms with Crippen molar-refractivity contribution in [1.82, 2.24) is 5.32 Å². The van der Waals surface area contributed by atoms with Crippen molar-refractivity contribution in [2.75, 3.05) is 0 Å². The Morgan fingerprint density at radius 2 is 1.94 bits per heavy atom. The van der Waals surface area contributed by atoms with Gasteiger partial charge >= 0.3 is 0 Å². The van der Waals surface area contributed by atoms with E-state index < -0.39 is 5.54 Å². The molecule has 4 N–H and O–H groups in total. The van der Waals surface area contributed by atoms with Gasteiger partial charge in [0.2, 0.25) is 5.91 Å². The van der Waals surface area contributed by atoms with Gasteiger partial charge in [-0.25, -0.2) is 0 Å². The molecule has 0 bridgehead atoms. The van der Waals surface area contributed by atoms with Gasteiger partial charge in [0.05, 0.1) is 0 Å². The lowest BCUT2D eigenvalue weighted by Gasteiger charge is -2.32. The summed E-state index contributed by atoms with van der Waals surface area (Å²) in [7, 11) is 0. The van der Waals surface area contributed by atoms with Gasteiger partial charge in [0, 0.05) is 5.92 Å². The summed E-state index contributed by atoms with van der Waals surface area (Å²) in [5, 5.41) is 14.7. The Morgan fingerprint density at radius 3 is 2.25 bits per heavy atom. The van der Waals surface area contributed by atoms with E-state index >= 15 is 0 Å². The molecule has 0 radical (unpaired) electrons. The van der Waals surface area contributed by atoms with Crippen LogP contribution in [0.25, 0.3) is 0 Å². The van der Waals surface area contributed by atoms with Crippen LogP contribution in [0.3, 0.4) is 0 Å². The molecule has 5 nitrogen and oxygen atoms in total. The van der Waals surface area contributed by atoms with E-state index in [9.17, 15) is 4.79 Å². The molecule has 5 heteroatoms. The van der Waals surface area contributed by atoms with E-state index in [2.05, 4.69) is 10.5 Å². The van der Waals surface area contributed by atoms with Crippen LogP contribution in [0.15, 0.2) is 5.16 Å². The molecule has 0 aliphatic carbocycles. The fourth-order valence-electron chi connectivity index (χ4n) is 1.49. The van der Waals surface area contributed by atoms with Crippen LogP contribution < -0.4 is 11.1 Å². The summed E-state index contributed by atoms with van der Waals surface area (Å²) >= 11 is 0. The van der Waals surface area contributed by atoms with Crippen molar-refractivity contribution >= 4 is 11.7 Å². The molecule has 0 aromatic rings. The van der Waals surface area contributed by atoms with Crippen molar-refractivity contribution in [2.45, 2.75) is 52.5 Å². The molecule has 0 rings (SSSR count). The lowest BCUT2D eigenvalue weighted by atomic mass is 9.90. The number of amidine groups is 1. The average Bonchev–Trinajstić information content (AvgIpc) is 2.33. The lowest BCUT2D eigenvalue weighted by molar-refractivity contribution is -0.125. The van der Waals surface area contributed by atoms with Gasteiger partial charge in [-0.1, -0.05) is 32.9 Å². The number of carbonyl (C=O) groups is 1. The second-order valence-corrected chi connectivity index (χ2v) is 4.07. The van der Waals surface area contributed by atoms with E-state index in [0.717, 1.165) is 6.42 Å². The highest BCUT2D eigenvalue weighted by Gasteiger charge is 2.34. The Hall–Kier alpha value is -1.26. The largest absolute Gasteiger partial charge is 0.409 e. The quantitative estimate of drug-likeness (QED) is 0.279. The monoisotopic (exact) mass is 229 g/mol. The van der Waals surface area contributed by atoms with Gasteiger partial charge in [-0.3, -0.25) is 4.79 Å². The van der Waals surface area contributed by atoms with Crippen molar-refractivity contribution in [3.8, 4) is 0 Å². The summed E-state index contributed by atoms with van der Waals surface area (Å²) < 4.78 is 0. The molecule has 0 aromatic heterocycles. The third kappa shape index (κ3) is 3.12. The third-order valence-corrected chi connectivity index (χ3v) is 3.23. The summed E-state index contributed by atoms with van der Waals surface area (Å²) in [6.45, 7) is 7.61. The fraction of sp³-hybridized carbons (Fsp3) is 0.818. The van der Waals surface area contributed by atoms with Crippen LogP contribution in [0.5, 0.6) is 0 Å². The topological polar surface area (TPSA) is 87.7 Å². The van der Waals surface area contributed by atoms with Gasteiger partial charge in [0.1, 0.15) is 5.54 Å². The molecule has 1 amide bonds. The number of carbonyl (C=O) groups excluding carboxylic acids is 1. The first kappa shape index (κ1) is 14.7. The van der Waals surface area contributed by atoms with E-state index in [0.29, 0.717) is 12.8 Å². The van der Waals surface area contributed by atoms with Gasteiger partial charge in [-0.05, 0) is 19.3 Å². The number of rotatable bonds is 6.